The molecule has 68 valence electrons. The van der Waals surface area contributed by atoms with Crippen LogP contribution in [0.15, 0.2) is 4.99 Å². The summed E-state index contributed by atoms with van der Waals surface area (Å²) in [6.07, 6.45) is 0. The van der Waals surface area contributed by atoms with Crippen LogP contribution in [0.3, 0.4) is 0 Å². The number of rotatable bonds is 1. The zero-order chi connectivity index (χ0) is 8.60. The smallest absolute Gasteiger partial charge is 0.156 e. The fraction of sp³-hybridized carbons (Fsp3) is 0.833. The predicted octanol–water partition coefficient (Wildman–Crippen LogP) is -0.524. The molecule has 2 aliphatic rings. The van der Waals surface area contributed by atoms with E-state index in [0.717, 1.165) is 17.5 Å². The molecule has 0 aromatic carbocycles. The fourth-order valence-electron chi connectivity index (χ4n) is 1.24. The number of thioether (sulfide) groups is 1. The van der Waals surface area contributed by atoms with E-state index in [9.17, 15) is 8.42 Å². The summed E-state index contributed by atoms with van der Waals surface area (Å²) in [4.78, 5) is 4.18. The lowest BCUT2D eigenvalue weighted by atomic mass is 10.4. The minimum absolute atomic E-state index is 0.111. The Labute approximate surface area is 75.7 Å². The number of aliphatic imine (C=N–C) groups is 1. The summed E-state index contributed by atoms with van der Waals surface area (Å²) in [7, 11) is -2.70. The van der Waals surface area contributed by atoms with Gasteiger partial charge in [0, 0.05) is 5.75 Å². The van der Waals surface area contributed by atoms with E-state index in [1.54, 1.807) is 11.8 Å². The van der Waals surface area contributed by atoms with Crippen molar-refractivity contribution in [1.29, 1.82) is 0 Å². The normalized spacial score (nSPS) is 27.8. The van der Waals surface area contributed by atoms with Crippen LogP contribution in [0.1, 0.15) is 0 Å². The topological polar surface area (TPSA) is 58.5 Å². The summed E-state index contributed by atoms with van der Waals surface area (Å²) in [5.41, 5.74) is 0. The minimum atomic E-state index is -2.70. The number of hydrogen-bond donors (Lipinski definition) is 1. The zero-order valence-electron chi connectivity index (χ0n) is 6.49. The molecular formula is C6H10N2O2S2. The Morgan fingerprint density at radius 2 is 2.25 bits per heavy atom. The Hall–Kier alpha value is -0.230. The average molecular weight is 206 g/mol. The largest absolute Gasteiger partial charge is 0.360 e. The van der Waals surface area contributed by atoms with Crippen molar-refractivity contribution in [3.63, 3.8) is 0 Å². The second-order valence-corrected chi connectivity index (χ2v) is 6.19. The van der Waals surface area contributed by atoms with Crippen molar-refractivity contribution in [1.82, 2.24) is 5.32 Å². The van der Waals surface area contributed by atoms with Crippen LogP contribution in [0.4, 0.5) is 0 Å². The fourth-order valence-corrected chi connectivity index (χ4v) is 3.35. The van der Waals surface area contributed by atoms with Gasteiger partial charge in [-0.05, 0) is 0 Å². The van der Waals surface area contributed by atoms with Gasteiger partial charge >= 0.3 is 0 Å². The van der Waals surface area contributed by atoms with Crippen LogP contribution in [-0.4, -0.2) is 43.4 Å². The van der Waals surface area contributed by atoms with Gasteiger partial charge in [-0.15, -0.1) is 0 Å². The third-order valence-electron chi connectivity index (χ3n) is 1.82. The molecule has 12 heavy (non-hydrogen) atoms. The highest BCUT2D eigenvalue weighted by molar-refractivity contribution is 8.14. The molecule has 2 heterocycles. The van der Waals surface area contributed by atoms with Crippen molar-refractivity contribution < 1.29 is 8.42 Å². The Kier molecular flexibility index (Phi) is 2.04. The average Bonchev–Trinajstić information content (AvgIpc) is 2.35. The van der Waals surface area contributed by atoms with Crippen molar-refractivity contribution in [2.24, 2.45) is 4.99 Å². The maximum absolute atomic E-state index is 10.8. The standard InChI is InChI=1S/C6H10N2O2S2/c9-12(10)3-5(4-12)8-6-7-1-2-11-6/h5H,1-4H2,(H,7,8). The van der Waals surface area contributed by atoms with E-state index >= 15 is 0 Å². The molecule has 1 saturated heterocycles. The molecule has 0 bridgehead atoms. The van der Waals surface area contributed by atoms with Gasteiger partial charge in [-0.25, -0.2) is 8.42 Å². The van der Waals surface area contributed by atoms with E-state index in [4.69, 9.17) is 0 Å². The number of hydrogen-bond acceptors (Lipinski definition) is 5. The van der Waals surface area contributed by atoms with E-state index < -0.39 is 9.84 Å². The predicted molar refractivity (Wildman–Crippen MR) is 50.3 cm³/mol. The molecule has 2 aliphatic heterocycles. The van der Waals surface area contributed by atoms with E-state index in [-0.39, 0.29) is 17.5 Å². The summed E-state index contributed by atoms with van der Waals surface area (Å²) in [6, 6.07) is 0.111. The van der Waals surface area contributed by atoms with Gasteiger partial charge in [-0.3, -0.25) is 4.99 Å². The molecule has 0 amide bonds. The molecule has 0 spiro atoms. The van der Waals surface area contributed by atoms with Crippen molar-refractivity contribution in [2.45, 2.75) is 6.04 Å². The van der Waals surface area contributed by atoms with Crippen LogP contribution in [0.2, 0.25) is 0 Å². The zero-order valence-corrected chi connectivity index (χ0v) is 8.12. The highest BCUT2D eigenvalue weighted by Crippen LogP contribution is 2.15. The number of nitrogens with one attached hydrogen (secondary N) is 1. The number of amidine groups is 1. The summed E-state index contributed by atoms with van der Waals surface area (Å²) in [5, 5.41) is 4.02. The van der Waals surface area contributed by atoms with Gasteiger partial charge in [0.2, 0.25) is 0 Å². The van der Waals surface area contributed by atoms with Crippen LogP contribution < -0.4 is 5.32 Å². The van der Waals surface area contributed by atoms with E-state index in [2.05, 4.69) is 10.3 Å². The summed E-state index contributed by atoms with van der Waals surface area (Å²) >= 11 is 1.66. The summed E-state index contributed by atoms with van der Waals surface area (Å²) < 4.78 is 21.6. The molecule has 2 rings (SSSR count). The molecule has 0 unspecified atom stereocenters. The first kappa shape index (κ1) is 8.37. The Morgan fingerprint density at radius 3 is 2.75 bits per heavy atom. The van der Waals surface area contributed by atoms with Crippen LogP contribution in [0.5, 0.6) is 0 Å². The van der Waals surface area contributed by atoms with Crippen LogP contribution >= 0.6 is 11.8 Å². The van der Waals surface area contributed by atoms with E-state index in [0.29, 0.717) is 0 Å². The maximum atomic E-state index is 10.8. The molecule has 1 fully saturated rings. The molecule has 0 atom stereocenters. The van der Waals surface area contributed by atoms with Crippen molar-refractivity contribution in [3.8, 4) is 0 Å². The van der Waals surface area contributed by atoms with Gasteiger partial charge in [0.05, 0.1) is 24.1 Å². The van der Waals surface area contributed by atoms with Crippen LogP contribution in [-0.2, 0) is 9.84 Å². The maximum Gasteiger partial charge on any atom is 0.156 e. The molecular weight excluding hydrogens is 196 g/mol. The molecule has 4 nitrogen and oxygen atoms in total. The van der Waals surface area contributed by atoms with Gasteiger partial charge in [0.25, 0.3) is 0 Å². The van der Waals surface area contributed by atoms with Gasteiger partial charge in [-0.2, -0.15) is 0 Å². The van der Waals surface area contributed by atoms with Crippen molar-refractivity contribution in [2.75, 3.05) is 23.8 Å². The second kappa shape index (κ2) is 2.92. The highest BCUT2D eigenvalue weighted by Gasteiger charge is 2.34. The Bertz CT molecular complexity index is 298. The first-order valence-electron chi connectivity index (χ1n) is 3.80. The quantitative estimate of drug-likeness (QED) is 0.627. The number of nitrogens with zero attached hydrogens (tertiary/aromatic N) is 1. The van der Waals surface area contributed by atoms with Gasteiger partial charge in [0.1, 0.15) is 0 Å². The number of sulfone groups is 1. The molecule has 0 aromatic rings. The molecule has 0 aliphatic carbocycles. The van der Waals surface area contributed by atoms with E-state index in [1.165, 1.54) is 0 Å². The molecule has 0 saturated carbocycles. The SMILES string of the molecule is O=S1(=O)CC(NC2=NCCS2)C1. The molecule has 1 N–H and O–H groups in total. The first-order chi connectivity index (χ1) is 5.66. The summed E-state index contributed by atoms with van der Waals surface area (Å²) in [6.45, 7) is 0.854. The van der Waals surface area contributed by atoms with Gasteiger partial charge < -0.3 is 5.32 Å². The second-order valence-electron chi connectivity index (χ2n) is 2.95. The lowest BCUT2D eigenvalue weighted by Gasteiger charge is -2.26. The van der Waals surface area contributed by atoms with Crippen molar-refractivity contribution in [3.05, 3.63) is 0 Å². The summed E-state index contributed by atoms with van der Waals surface area (Å²) in [5.74, 6) is 1.56. The lowest BCUT2D eigenvalue weighted by Crippen LogP contribution is -2.52. The lowest BCUT2D eigenvalue weighted by molar-refractivity contribution is 0.552. The molecule has 6 heteroatoms. The third kappa shape index (κ3) is 1.74. The monoisotopic (exact) mass is 206 g/mol. The molecule has 0 radical (unpaired) electrons. The first-order valence-corrected chi connectivity index (χ1v) is 6.61. The molecule has 0 aromatic heterocycles. The van der Waals surface area contributed by atoms with Gasteiger partial charge in [-0.1, -0.05) is 11.8 Å². The Balaban J connectivity index is 1.83. The highest BCUT2D eigenvalue weighted by atomic mass is 32.2. The van der Waals surface area contributed by atoms with Crippen molar-refractivity contribution >= 4 is 26.8 Å². The Morgan fingerprint density at radius 1 is 1.50 bits per heavy atom. The van der Waals surface area contributed by atoms with E-state index in [1.807, 2.05) is 0 Å². The van der Waals surface area contributed by atoms with Crippen LogP contribution in [0.25, 0.3) is 0 Å². The minimum Gasteiger partial charge on any atom is -0.360 e. The third-order valence-corrected chi connectivity index (χ3v) is 4.55. The van der Waals surface area contributed by atoms with Gasteiger partial charge in [0.15, 0.2) is 15.0 Å². The van der Waals surface area contributed by atoms with Crippen LogP contribution in [0, 0.1) is 0 Å².